The number of carboxylic acid groups (broad SMARTS) is 1. The first-order chi connectivity index (χ1) is 7.15. The largest absolute Gasteiger partial charge is 0.479 e. The number of hydrogen-bond acceptors (Lipinski definition) is 4. The summed E-state index contributed by atoms with van der Waals surface area (Å²) in [6.07, 6.45) is 1.63. The molecule has 1 aromatic heterocycles. The van der Waals surface area contributed by atoms with Gasteiger partial charge in [0, 0.05) is 18.9 Å². The summed E-state index contributed by atoms with van der Waals surface area (Å²) in [4.78, 5) is 25.7. The summed E-state index contributed by atoms with van der Waals surface area (Å²) in [5.74, 6) is -1.09. The topological polar surface area (TPSA) is 81.4 Å². The lowest BCUT2D eigenvalue weighted by Crippen LogP contribution is -2.33. The van der Waals surface area contributed by atoms with Gasteiger partial charge in [-0.15, -0.1) is 0 Å². The lowest BCUT2D eigenvalue weighted by atomic mass is 10.3. The van der Waals surface area contributed by atoms with Crippen LogP contribution in [0.2, 0.25) is 0 Å². The van der Waals surface area contributed by atoms with Gasteiger partial charge in [0.1, 0.15) is 0 Å². The number of carbonyl (C=O) groups is 1. The van der Waals surface area contributed by atoms with E-state index in [1.54, 1.807) is 6.92 Å². The zero-order valence-corrected chi connectivity index (χ0v) is 8.29. The predicted molar refractivity (Wildman–Crippen MR) is 51.5 cm³/mol. The van der Waals surface area contributed by atoms with Gasteiger partial charge in [-0.25, -0.2) is 9.78 Å². The fourth-order valence-corrected chi connectivity index (χ4v) is 1.10. The maximum atomic E-state index is 11.3. The highest BCUT2D eigenvalue weighted by atomic mass is 16.5. The molecule has 0 amide bonds. The minimum absolute atomic E-state index is 0.0319. The Morgan fingerprint density at radius 1 is 1.73 bits per heavy atom. The Bertz CT molecular complexity index is 388. The molecule has 1 unspecified atom stereocenters. The summed E-state index contributed by atoms with van der Waals surface area (Å²) >= 11 is 0. The third kappa shape index (κ3) is 3.17. The Morgan fingerprint density at radius 3 is 3.00 bits per heavy atom. The standard InChI is InChI=1S/C9H12N2O4/c1-2-15-7(9(13)14)5-11-6-10-4-3-8(11)12/h3-4,6-7H,2,5H2,1H3,(H,13,14). The summed E-state index contributed by atoms with van der Waals surface area (Å²) in [6, 6.07) is 1.27. The van der Waals surface area contributed by atoms with E-state index in [-0.39, 0.29) is 18.7 Å². The van der Waals surface area contributed by atoms with Crippen molar-refractivity contribution in [2.45, 2.75) is 19.6 Å². The fourth-order valence-electron chi connectivity index (χ4n) is 1.10. The molecule has 0 spiro atoms. The van der Waals surface area contributed by atoms with Crippen molar-refractivity contribution >= 4 is 5.97 Å². The second kappa shape index (κ2) is 5.26. The molecule has 0 aliphatic rings. The van der Waals surface area contributed by atoms with Crippen LogP contribution in [0, 0.1) is 0 Å². The smallest absolute Gasteiger partial charge is 0.334 e. The normalized spacial score (nSPS) is 12.3. The first kappa shape index (κ1) is 11.4. The maximum Gasteiger partial charge on any atom is 0.334 e. The number of ether oxygens (including phenoxy) is 1. The van der Waals surface area contributed by atoms with Crippen LogP contribution in [0.15, 0.2) is 23.4 Å². The second-order valence-corrected chi connectivity index (χ2v) is 2.85. The third-order valence-electron chi connectivity index (χ3n) is 1.80. The van der Waals surface area contributed by atoms with Crippen molar-refractivity contribution in [2.24, 2.45) is 0 Å². The zero-order chi connectivity index (χ0) is 11.3. The predicted octanol–water partition coefficient (Wildman–Crippen LogP) is -0.267. The molecule has 1 aromatic rings. The first-order valence-electron chi connectivity index (χ1n) is 4.50. The van der Waals surface area contributed by atoms with Crippen LogP contribution >= 0.6 is 0 Å². The van der Waals surface area contributed by atoms with Gasteiger partial charge in [-0.05, 0) is 6.92 Å². The number of aliphatic carboxylic acids is 1. The molecule has 1 rings (SSSR count). The number of carboxylic acids is 1. The van der Waals surface area contributed by atoms with Crippen molar-refractivity contribution < 1.29 is 14.6 Å². The molecule has 0 fully saturated rings. The van der Waals surface area contributed by atoms with Crippen LogP contribution < -0.4 is 5.56 Å². The van der Waals surface area contributed by atoms with E-state index in [1.165, 1.54) is 23.2 Å². The van der Waals surface area contributed by atoms with E-state index in [1.807, 2.05) is 0 Å². The maximum absolute atomic E-state index is 11.3. The molecule has 0 saturated carbocycles. The lowest BCUT2D eigenvalue weighted by molar-refractivity contribution is -0.151. The summed E-state index contributed by atoms with van der Waals surface area (Å²) in [5.41, 5.74) is -0.295. The highest BCUT2D eigenvalue weighted by Gasteiger charge is 2.18. The molecule has 0 aliphatic carbocycles. The molecule has 0 saturated heterocycles. The van der Waals surface area contributed by atoms with Crippen LogP contribution in [0.1, 0.15) is 6.92 Å². The van der Waals surface area contributed by atoms with E-state index in [4.69, 9.17) is 9.84 Å². The summed E-state index contributed by atoms with van der Waals surface area (Å²) < 4.78 is 6.18. The third-order valence-corrected chi connectivity index (χ3v) is 1.80. The van der Waals surface area contributed by atoms with E-state index in [0.29, 0.717) is 0 Å². The van der Waals surface area contributed by atoms with Gasteiger partial charge >= 0.3 is 5.97 Å². The van der Waals surface area contributed by atoms with E-state index in [9.17, 15) is 9.59 Å². The zero-order valence-electron chi connectivity index (χ0n) is 8.29. The minimum atomic E-state index is -1.09. The number of nitrogens with zero attached hydrogens (tertiary/aromatic N) is 2. The molecule has 82 valence electrons. The van der Waals surface area contributed by atoms with Crippen LogP contribution in [0.3, 0.4) is 0 Å². The van der Waals surface area contributed by atoms with Crippen molar-refractivity contribution in [2.75, 3.05) is 6.61 Å². The summed E-state index contributed by atoms with van der Waals surface area (Å²) in [5, 5.41) is 8.80. The van der Waals surface area contributed by atoms with Crippen molar-refractivity contribution in [3.05, 3.63) is 28.9 Å². The van der Waals surface area contributed by atoms with Gasteiger partial charge in [0.05, 0.1) is 12.9 Å². The summed E-state index contributed by atoms with van der Waals surface area (Å²) in [7, 11) is 0. The number of aromatic nitrogens is 2. The lowest BCUT2D eigenvalue weighted by Gasteiger charge is -2.13. The molecule has 6 nitrogen and oxygen atoms in total. The van der Waals surface area contributed by atoms with E-state index >= 15 is 0 Å². The van der Waals surface area contributed by atoms with Gasteiger partial charge < -0.3 is 9.84 Å². The van der Waals surface area contributed by atoms with E-state index in [0.717, 1.165) is 0 Å². The molecule has 6 heteroatoms. The van der Waals surface area contributed by atoms with Crippen LogP contribution in [-0.2, 0) is 16.1 Å². The number of hydrogen-bond donors (Lipinski definition) is 1. The molecule has 0 aromatic carbocycles. The molecular formula is C9H12N2O4. The summed E-state index contributed by atoms with van der Waals surface area (Å²) in [6.45, 7) is 1.95. The average molecular weight is 212 g/mol. The minimum Gasteiger partial charge on any atom is -0.479 e. The molecular weight excluding hydrogens is 200 g/mol. The van der Waals surface area contributed by atoms with Gasteiger partial charge in [-0.1, -0.05) is 0 Å². The van der Waals surface area contributed by atoms with Crippen molar-refractivity contribution in [3.63, 3.8) is 0 Å². The average Bonchev–Trinajstić information content (AvgIpc) is 2.20. The van der Waals surface area contributed by atoms with Crippen molar-refractivity contribution in [3.8, 4) is 0 Å². The Balaban J connectivity index is 2.79. The molecule has 15 heavy (non-hydrogen) atoms. The van der Waals surface area contributed by atoms with E-state index in [2.05, 4.69) is 4.98 Å². The Morgan fingerprint density at radius 2 is 2.47 bits per heavy atom. The van der Waals surface area contributed by atoms with Crippen LogP contribution in [-0.4, -0.2) is 33.3 Å². The second-order valence-electron chi connectivity index (χ2n) is 2.85. The Hall–Kier alpha value is -1.69. The molecule has 1 N–H and O–H groups in total. The molecule has 0 bridgehead atoms. The van der Waals surface area contributed by atoms with Crippen molar-refractivity contribution in [1.82, 2.24) is 9.55 Å². The van der Waals surface area contributed by atoms with Gasteiger partial charge in [0.25, 0.3) is 5.56 Å². The van der Waals surface area contributed by atoms with Crippen LogP contribution in [0.25, 0.3) is 0 Å². The monoisotopic (exact) mass is 212 g/mol. The van der Waals surface area contributed by atoms with Gasteiger partial charge in [0.2, 0.25) is 0 Å². The van der Waals surface area contributed by atoms with Gasteiger partial charge in [-0.2, -0.15) is 0 Å². The molecule has 0 radical (unpaired) electrons. The quantitative estimate of drug-likeness (QED) is 0.726. The SMILES string of the molecule is CCOC(Cn1cnccc1=O)C(=O)O. The van der Waals surface area contributed by atoms with Crippen LogP contribution in [0.5, 0.6) is 0 Å². The molecule has 1 heterocycles. The number of rotatable bonds is 5. The van der Waals surface area contributed by atoms with Crippen molar-refractivity contribution in [1.29, 1.82) is 0 Å². The highest BCUT2D eigenvalue weighted by Crippen LogP contribution is 1.95. The highest BCUT2D eigenvalue weighted by molar-refractivity contribution is 5.72. The van der Waals surface area contributed by atoms with E-state index < -0.39 is 12.1 Å². The van der Waals surface area contributed by atoms with Gasteiger partial charge in [0.15, 0.2) is 6.10 Å². The Kier molecular flexibility index (Phi) is 3.99. The molecule has 1 atom stereocenters. The first-order valence-corrected chi connectivity index (χ1v) is 4.50. The molecule has 0 aliphatic heterocycles. The van der Waals surface area contributed by atoms with Crippen LogP contribution in [0.4, 0.5) is 0 Å². The fraction of sp³-hybridized carbons (Fsp3) is 0.444. The van der Waals surface area contributed by atoms with Gasteiger partial charge in [-0.3, -0.25) is 9.36 Å². The Labute approximate surface area is 86.1 Å².